The number of fused-ring (bicyclic) bond motifs is 1. The molecule has 7 heteroatoms. The van der Waals surface area contributed by atoms with Crippen molar-refractivity contribution in [3.05, 3.63) is 34.9 Å². The predicted octanol–water partition coefficient (Wildman–Crippen LogP) is 2.69. The molecule has 80 valence electrons. The van der Waals surface area contributed by atoms with Crippen molar-refractivity contribution in [3.63, 3.8) is 0 Å². The highest BCUT2D eigenvalue weighted by atomic mass is 35.5. The van der Waals surface area contributed by atoms with Crippen molar-refractivity contribution in [2.24, 2.45) is 0 Å². The fourth-order valence-electron chi connectivity index (χ4n) is 1.37. The highest BCUT2D eigenvalue weighted by molar-refractivity contribution is 6.29. The minimum Gasteiger partial charge on any atom is -0.441 e. The van der Waals surface area contributed by atoms with Crippen LogP contribution in [0.15, 0.2) is 28.9 Å². The Morgan fingerprint density at radius 1 is 1.19 bits per heavy atom. The van der Waals surface area contributed by atoms with Crippen LogP contribution in [0.2, 0.25) is 10.4 Å². The van der Waals surface area contributed by atoms with Gasteiger partial charge >= 0.3 is 0 Å². The number of hydrogen-bond donors (Lipinski definition) is 0. The van der Waals surface area contributed by atoms with Gasteiger partial charge in [0.1, 0.15) is 11.5 Å². The summed E-state index contributed by atoms with van der Waals surface area (Å²) in [6, 6.07) is 4.97. The third kappa shape index (κ3) is 1.45. The zero-order valence-corrected chi connectivity index (χ0v) is 9.27. The van der Waals surface area contributed by atoms with Gasteiger partial charge in [0.05, 0.1) is 0 Å². The van der Waals surface area contributed by atoms with E-state index in [2.05, 4.69) is 15.2 Å². The summed E-state index contributed by atoms with van der Waals surface area (Å²) in [5, 5.41) is 8.60. The molecule has 0 radical (unpaired) electrons. The Bertz CT molecular complexity index is 660. The Labute approximate surface area is 99.6 Å². The third-order valence-corrected chi connectivity index (χ3v) is 2.47. The zero-order chi connectivity index (χ0) is 11.1. The van der Waals surface area contributed by atoms with Gasteiger partial charge in [0.25, 0.3) is 0 Å². The van der Waals surface area contributed by atoms with E-state index >= 15 is 0 Å². The fourth-order valence-corrected chi connectivity index (χ4v) is 1.66. The van der Waals surface area contributed by atoms with E-state index in [1.54, 1.807) is 22.6 Å². The van der Waals surface area contributed by atoms with Crippen LogP contribution in [0.4, 0.5) is 0 Å². The maximum Gasteiger partial charge on any atom is 0.205 e. The second kappa shape index (κ2) is 3.47. The highest BCUT2D eigenvalue weighted by Gasteiger charge is 2.12. The third-order valence-electron chi connectivity index (χ3n) is 2.06. The summed E-state index contributed by atoms with van der Waals surface area (Å²) >= 11 is 11.4. The Balaban J connectivity index is 2.25. The minimum absolute atomic E-state index is 0.300. The average molecular weight is 255 g/mol. The van der Waals surface area contributed by atoms with E-state index in [0.29, 0.717) is 27.6 Å². The van der Waals surface area contributed by atoms with Crippen molar-refractivity contribution in [2.45, 2.75) is 0 Å². The van der Waals surface area contributed by atoms with Crippen LogP contribution in [-0.4, -0.2) is 19.6 Å². The molecular weight excluding hydrogens is 251 g/mol. The molecular formula is C9H4Cl2N4O. The topological polar surface area (TPSA) is 56.2 Å². The number of rotatable bonds is 1. The van der Waals surface area contributed by atoms with Crippen LogP contribution in [0, 0.1) is 0 Å². The summed E-state index contributed by atoms with van der Waals surface area (Å²) < 4.78 is 6.92. The van der Waals surface area contributed by atoms with Gasteiger partial charge in [-0.15, -0.1) is 10.2 Å². The molecule has 0 fully saturated rings. The van der Waals surface area contributed by atoms with Gasteiger partial charge in [-0.25, -0.2) is 4.98 Å². The predicted molar refractivity (Wildman–Crippen MR) is 58.5 cm³/mol. The molecule has 0 N–H and O–H groups in total. The van der Waals surface area contributed by atoms with E-state index in [4.69, 9.17) is 27.6 Å². The summed E-state index contributed by atoms with van der Waals surface area (Å²) in [5.74, 6) is 1.06. The van der Waals surface area contributed by atoms with Gasteiger partial charge in [-0.2, -0.15) is 0 Å². The highest BCUT2D eigenvalue weighted by Crippen LogP contribution is 2.23. The maximum absolute atomic E-state index is 5.74. The number of aromatic nitrogens is 4. The lowest BCUT2D eigenvalue weighted by Gasteiger charge is -1.95. The maximum atomic E-state index is 5.74. The van der Waals surface area contributed by atoms with Gasteiger partial charge in [0, 0.05) is 6.07 Å². The molecule has 0 amide bonds. The molecule has 3 aromatic heterocycles. The molecule has 16 heavy (non-hydrogen) atoms. The summed E-state index contributed by atoms with van der Waals surface area (Å²) in [5.41, 5.74) is 0.600. The Hall–Kier alpha value is -1.59. The van der Waals surface area contributed by atoms with Crippen molar-refractivity contribution >= 4 is 28.8 Å². The monoisotopic (exact) mass is 254 g/mol. The normalized spacial score (nSPS) is 11.1. The molecule has 0 aromatic carbocycles. The first-order valence-corrected chi connectivity index (χ1v) is 5.11. The molecule has 0 aliphatic rings. The smallest absolute Gasteiger partial charge is 0.205 e. The average Bonchev–Trinajstić information content (AvgIpc) is 2.83. The number of furan rings is 1. The van der Waals surface area contributed by atoms with Crippen LogP contribution < -0.4 is 0 Å². The lowest BCUT2D eigenvalue weighted by atomic mass is 10.4. The summed E-state index contributed by atoms with van der Waals surface area (Å²) in [4.78, 5) is 3.95. The molecule has 0 spiro atoms. The molecule has 5 nitrogen and oxygen atoms in total. The summed E-state index contributed by atoms with van der Waals surface area (Å²) in [6.07, 6.45) is 1.53. The SMILES string of the molecule is Clc1cc2nnc(-c3ccc(Cl)o3)n2cn1. The van der Waals surface area contributed by atoms with E-state index < -0.39 is 0 Å². The zero-order valence-electron chi connectivity index (χ0n) is 7.76. The van der Waals surface area contributed by atoms with Crippen molar-refractivity contribution in [3.8, 4) is 11.6 Å². The number of hydrogen-bond acceptors (Lipinski definition) is 4. The van der Waals surface area contributed by atoms with Crippen LogP contribution >= 0.6 is 23.2 Å². The van der Waals surface area contributed by atoms with Crippen molar-refractivity contribution in [2.75, 3.05) is 0 Å². The van der Waals surface area contributed by atoms with Gasteiger partial charge in [0.15, 0.2) is 16.6 Å². The van der Waals surface area contributed by atoms with Crippen LogP contribution in [0.3, 0.4) is 0 Å². The van der Waals surface area contributed by atoms with Gasteiger partial charge in [-0.3, -0.25) is 4.40 Å². The largest absolute Gasteiger partial charge is 0.441 e. The van der Waals surface area contributed by atoms with Gasteiger partial charge in [0.2, 0.25) is 5.82 Å². The second-order valence-corrected chi connectivity index (χ2v) is 3.83. The van der Waals surface area contributed by atoms with Gasteiger partial charge < -0.3 is 4.42 Å². The van der Waals surface area contributed by atoms with Crippen LogP contribution in [0.25, 0.3) is 17.2 Å². The number of halogens is 2. The van der Waals surface area contributed by atoms with E-state index in [-0.39, 0.29) is 0 Å². The Morgan fingerprint density at radius 3 is 2.81 bits per heavy atom. The summed E-state index contributed by atoms with van der Waals surface area (Å²) in [7, 11) is 0. The first-order chi connectivity index (χ1) is 7.74. The van der Waals surface area contributed by atoms with Gasteiger partial charge in [-0.05, 0) is 23.7 Å². The molecule has 3 heterocycles. The quantitative estimate of drug-likeness (QED) is 0.627. The van der Waals surface area contributed by atoms with Crippen LogP contribution in [0.5, 0.6) is 0 Å². The lowest BCUT2D eigenvalue weighted by Crippen LogP contribution is -1.89. The molecule has 0 saturated carbocycles. The van der Waals surface area contributed by atoms with E-state index in [0.717, 1.165) is 0 Å². The first kappa shape index (κ1) is 9.62. The van der Waals surface area contributed by atoms with Crippen LogP contribution in [-0.2, 0) is 0 Å². The lowest BCUT2D eigenvalue weighted by molar-refractivity contribution is 0.578. The minimum atomic E-state index is 0.300. The molecule has 3 aromatic rings. The van der Waals surface area contributed by atoms with E-state index in [1.165, 1.54) is 6.33 Å². The summed E-state index contributed by atoms with van der Waals surface area (Å²) in [6.45, 7) is 0. The van der Waals surface area contributed by atoms with E-state index in [9.17, 15) is 0 Å². The molecule has 0 bridgehead atoms. The van der Waals surface area contributed by atoms with Gasteiger partial charge in [-0.1, -0.05) is 11.6 Å². The van der Waals surface area contributed by atoms with Crippen molar-refractivity contribution in [1.82, 2.24) is 19.6 Å². The molecule has 3 rings (SSSR count). The first-order valence-electron chi connectivity index (χ1n) is 4.36. The molecule has 0 aliphatic carbocycles. The molecule has 0 unspecified atom stereocenters. The second-order valence-electron chi connectivity index (χ2n) is 3.07. The van der Waals surface area contributed by atoms with Crippen molar-refractivity contribution in [1.29, 1.82) is 0 Å². The van der Waals surface area contributed by atoms with Crippen LogP contribution in [0.1, 0.15) is 0 Å². The van der Waals surface area contributed by atoms with Crippen molar-refractivity contribution < 1.29 is 4.42 Å². The Kier molecular flexibility index (Phi) is 2.08. The fraction of sp³-hybridized carbons (Fsp3) is 0. The molecule has 0 aliphatic heterocycles. The Morgan fingerprint density at radius 2 is 2.06 bits per heavy atom. The molecule has 0 saturated heterocycles. The molecule has 0 atom stereocenters. The van der Waals surface area contributed by atoms with E-state index in [1.807, 2.05) is 0 Å². The number of nitrogens with zero attached hydrogens (tertiary/aromatic N) is 4. The standard InChI is InChI=1S/C9H4Cl2N4O/c10-6-3-8-13-14-9(15(8)4-12-6)5-1-2-7(11)16-5/h1-4H.